The van der Waals surface area contributed by atoms with Crippen LogP contribution in [0.15, 0.2) is 54.1 Å². The first-order valence-electron chi connectivity index (χ1n) is 8.88. The smallest absolute Gasteiger partial charge is 0.257 e. The molecule has 0 aliphatic heterocycles. The molecule has 1 aromatic carbocycles. The van der Waals surface area contributed by atoms with Crippen LogP contribution < -0.4 is 10.1 Å². The van der Waals surface area contributed by atoms with Crippen molar-refractivity contribution in [3.8, 4) is 11.5 Å². The molecule has 0 bridgehead atoms. The van der Waals surface area contributed by atoms with Gasteiger partial charge in [-0.25, -0.2) is 8.42 Å². The van der Waals surface area contributed by atoms with Gasteiger partial charge in [-0.05, 0) is 19.1 Å². The number of rotatable bonds is 6. The van der Waals surface area contributed by atoms with Gasteiger partial charge in [0.2, 0.25) is 0 Å². The molecule has 1 heterocycles. The van der Waals surface area contributed by atoms with Crippen molar-refractivity contribution in [2.45, 2.75) is 39.2 Å². The van der Waals surface area contributed by atoms with Gasteiger partial charge in [0.15, 0.2) is 9.84 Å². The Kier molecular flexibility index (Phi) is 6.61. The highest BCUT2D eigenvalue weighted by Gasteiger charge is 2.21. The molecule has 0 fully saturated rings. The Morgan fingerprint density at radius 1 is 1.21 bits per heavy atom. The molecule has 1 unspecified atom stereocenters. The van der Waals surface area contributed by atoms with E-state index < -0.39 is 21.8 Å². The molecule has 1 aromatic heterocycles. The normalized spacial score (nSPS) is 13.3. The van der Waals surface area contributed by atoms with Gasteiger partial charge in [0.05, 0.1) is 0 Å². The second-order valence-electron chi connectivity index (χ2n) is 7.65. The van der Waals surface area contributed by atoms with E-state index >= 15 is 0 Å². The summed E-state index contributed by atoms with van der Waals surface area (Å²) in [7, 11) is -3.26. The Labute approximate surface area is 166 Å². The summed E-state index contributed by atoms with van der Waals surface area (Å²) in [6.45, 7) is 7.77. The number of hydrogen-bond acceptors (Lipinski definition) is 5. The van der Waals surface area contributed by atoms with Gasteiger partial charge in [0, 0.05) is 41.1 Å². The van der Waals surface area contributed by atoms with Crippen molar-refractivity contribution in [1.29, 1.82) is 0 Å². The van der Waals surface area contributed by atoms with Crippen LogP contribution in [0.4, 0.5) is 0 Å². The summed E-state index contributed by atoms with van der Waals surface area (Å²) in [5, 5.41) is 3.81. The minimum Gasteiger partial charge on any atom is -0.456 e. The molecule has 2 aromatic rings. The third-order valence-electron chi connectivity index (χ3n) is 3.82. The molecule has 0 aliphatic carbocycles. The van der Waals surface area contributed by atoms with Gasteiger partial charge in [-0.15, -0.1) is 0 Å². The van der Waals surface area contributed by atoms with E-state index in [2.05, 4.69) is 10.3 Å². The SMILES string of the molecule is CC(C=CS(C)(=O)=O)NC(=O)c1cnc(C(C)(C)C)cc1Oc1ccccc1. The molecule has 7 heteroatoms. The average Bonchev–Trinajstić information content (AvgIpc) is 2.59. The largest absolute Gasteiger partial charge is 0.456 e. The van der Waals surface area contributed by atoms with E-state index in [1.165, 1.54) is 12.3 Å². The van der Waals surface area contributed by atoms with Crippen LogP contribution in [-0.4, -0.2) is 31.6 Å². The fourth-order valence-electron chi connectivity index (χ4n) is 2.31. The van der Waals surface area contributed by atoms with Gasteiger partial charge in [-0.1, -0.05) is 45.0 Å². The Balaban J connectivity index is 2.33. The lowest BCUT2D eigenvalue weighted by atomic mass is 9.91. The van der Waals surface area contributed by atoms with Crippen molar-refractivity contribution in [2.75, 3.05) is 6.26 Å². The molecular weight excluding hydrogens is 376 g/mol. The van der Waals surface area contributed by atoms with Crippen LogP contribution in [0.5, 0.6) is 11.5 Å². The maximum absolute atomic E-state index is 12.7. The molecule has 6 nitrogen and oxygen atoms in total. The first kappa shape index (κ1) is 21.6. The zero-order chi connectivity index (χ0) is 20.9. The molecular formula is C21H26N2O4S. The van der Waals surface area contributed by atoms with Crippen LogP contribution in [0.3, 0.4) is 0 Å². The quantitative estimate of drug-likeness (QED) is 0.793. The van der Waals surface area contributed by atoms with Gasteiger partial charge in [-0.3, -0.25) is 9.78 Å². The Morgan fingerprint density at radius 3 is 2.43 bits per heavy atom. The summed E-state index contributed by atoms with van der Waals surface area (Å²) >= 11 is 0. The predicted octanol–water partition coefficient (Wildman–Crippen LogP) is 3.85. The van der Waals surface area contributed by atoms with Crippen LogP contribution in [-0.2, 0) is 15.3 Å². The van der Waals surface area contributed by atoms with Crippen molar-refractivity contribution in [1.82, 2.24) is 10.3 Å². The number of nitrogens with zero attached hydrogens (tertiary/aromatic N) is 1. The Morgan fingerprint density at radius 2 is 1.86 bits per heavy atom. The fourth-order valence-corrected chi connectivity index (χ4v) is 2.83. The first-order valence-corrected chi connectivity index (χ1v) is 10.8. The van der Waals surface area contributed by atoms with E-state index in [0.29, 0.717) is 11.5 Å². The van der Waals surface area contributed by atoms with E-state index in [1.54, 1.807) is 25.1 Å². The molecule has 0 saturated carbocycles. The Hall–Kier alpha value is -2.67. The van der Waals surface area contributed by atoms with Crippen LogP contribution in [0.25, 0.3) is 0 Å². The van der Waals surface area contributed by atoms with Crippen LogP contribution in [0.2, 0.25) is 0 Å². The van der Waals surface area contributed by atoms with E-state index in [4.69, 9.17) is 4.74 Å². The third kappa shape index (κ3) is 6.49. The van der Waals surface area contributed by atoms with Crippen molar-refractivity contribution in [3.63, 3.8) is 0 Å². The number of amides is 1. The van der Waals surface area contributed by atoms with E-state index in [-0.39, 0.29) is 11.0 Å². The van der Waals surface area contributed by atoms with E-state index in [9.17, 15) is 13.2 Å². The summed E-state index contributed by atoms with van der Waals surface area (Å²) < 4.78 is 28.4. The number of nitrogens with one attached hydrogen (secondary N) is 1. The molecule has 0 spiro atoms. The first-order chi connectivity index (χ1) is 13.0. The number of carbonyl (C=O) groups is 1. The number of sulfone groups is 1. The summed E-state index contributed by atoms with van der Waals surface area (Å²) in [6.07, 6.45) is 4.00. The standard InChI is InChI=1S/C21H26N2O4S/c1-15(11-12-28(5,25)26)23-20(24)17-14-22-19(21(2,3)4)13-18(17)27-16-9-7-6-8-10-16/h6-15H,1-5H3,(H,23,24). The average molecular weight is 403 g/mol. The van der Waals surface area contributed by atoms with Gasteiger partial charge in [0.25, 0.3) is 5.91 Å². The number of aromatic nitrogens is 1. The lowest BCUT2D eigenvalue weighted by molar-refractivity contribution is 0.0944. The maximum Gasteiger partial charge on any atom is 0.257 e. The van der Waals surface area contributed by atoms with Crippen LogP contribution in [0, 0.1) is 0 Å². The topological polar surface area (TPSA) is 85.4 Å². The second kappa shape index (κ2) is 8.56. The molecule has 28 heavy (non-hydrogen) atoms. The summed E-state index contributed by atoms with van der Waals surface area (Å²) in [5.74, 6) is 0.597. The number of para-hydroxylation sites is 1. The minimum absolute atomic E-state index is 0.213. The molecule has 0 aliphatic rings. The molecule has 1 atom stereocenters. The van der Waals surface area contributed by atoms with Crippen molar-refractivity contribution < 1.29 is 17.9 Å². The molecule has 2 rings (SSSR count). The monoisotopic (exact) mass is 402 g/mol. The summed E-state index contributed by atoms with van der Waals surface area (Å²) in [6, 6.07) is 10.5. The van der Waals surface area contributed by atoms with E-state index in [0.717, 1.165) is 17.4 Å². The number of benzene rings is 1. The van der Waals surface area contributed by atoms with E-state index in [1.807, 2.05) is 39.0 Å². The lowest BCUT2D eigenvalue weighted by Gasteiger charge is -2.20. The van der Waals surface area contributed by atoms with Crippen LogP contribution >= 0.6 is 0 Å². The van der Waals surface area contributed by atoms with Gasteiger partial charge in [0.1, 0.15) is 17.1 Å². The maximum atomic E-state index is 12.7. The molecule has 0 saturated heterocycles. The van der Waals surface area contributed by atoms with Gasteiger partial charge in [-0.2, -0.15) is 0 Å². The highest BCUT2D eigenvalue weighted by molar-refractivity contribution is 7.93. The Bertz CT molecular complexity index is 962. The number of carbonyl (C=O) groups excluding carboxylic acids is 1. The van der Waals surface area contributed by atoms with Gasteiger partial charge < -0.3 is 10.1 Å². The van der Waals surface area contributed by atoms with Crippen molar-refractivity contribution in [2.24, 2.45) is 0 Å². The van der Waals surface area contributed by atoms with Crippen molar-refractivity contribution >= 4 is 15.7 Å². The zero-order valence-corrected chi connectivity index (χ0v) is 17.6. The summed E-state index contributed by atoms with van der Waals surface area (Å²) in [4.78, 5) is 17.1. The van der Waals surface area contributed by atoms with Crippen molar-refractivity contribution in [3.05, 3.63) is 65.3 Å². The number of pyridine rings is 1. The number of ether oxygens (including phenoxy) is 1. The minimum atomic E-state index is -3.26. The molecule has 1 amide bonds. The second-order valence-corrected chi connectivity index (χ2v) is 9.58. The lowest BCUT2D eigenvalue weighted by Crippen LogP contribution is -2.31. The summed E-state index contributed by atoms with van der Waals surface area (Å²) in [5.41, 5.74) is 0.853. The van der Waals surface area contributed by atoms with Crippen LogP contribution in [0.1, 0.15) is 43.7 Å². The molecule has 0 radical (unpaired) electrons. The molecule has 1 N–H and O–H groups in total. The number of hydrogen-bond donors (Lipinski definition) is 1. The predicted molar refractivity (Wildman–Crippen MR) is 110 cm³/mol. The highest BCUT2D eigenvalue weighted by atomic mass is 32.2. The third-order valence-corrected chi connectivity index (χ3v) is 4.47. The fraction of sp³-hybridized carbons (Fsp3) is 0.333. The van der Waals surface area contributed by atoms with Gasteiger partial charge >= 0.3 is 0 Å². The highest BCUT2D eigenvalue weighted by Crippen LogP contribution is 2.30. The zero-order valence-electron chi connectivity index (χ0n) is 16.8. The molecule has 150 valence electrons.